The van der Waals surface area contributed by atoms with Crippen molar-refractivity contribution in [1.29, 1.82) is 0 Å². The van der Waals surface area contributed by atoms with Crippen molar-refractivity contribution in [3.63, 3.8) is 0 Å². The predicted molar refractivity (Wildman–Crippen MR) is 57.2 cm³/mol. The second-order valence-corrected chi connectivity index (χ2v) is 3.96. The molecule has 0 saturated carbocycles. The molecule has 1 aliphatic heterocycles. The highest BCUT2D eigenvalue weighted by Crippen LogP contribution is 2.12. The van der Waals surface area contributed by atoms with Gasteiger partial charge in [0.2, 0.25) is 5.91 Å². The summed E-state index contributed by atoms with van der Waals surface area (Å²) in [6, 6.07) is 0. The molecule has 0 bridgehead atoms. The van der Waals surface area contributed by atoms with Gasteiger partial charge < -0.3 is 9.47 Å². The van der Waals surface area contributed by atoms with Crippen LogP contribution in [0.15, 0.2) is 12.4 Å². The minimum absolute atomic E-state index is 0.270. The summed E-state index contributed by atoms with van der Waals surface area (Å²) < 4.78 is 2.11. The van der Waals surface area contributed by atoms with Crippen molar-refractivity contribution in [2.75, 3.05) is 6.54 Å². The first-order valence-electron chi connectivity index (χ1n) is 5.59. The molecule has 1 aromatic rings. The monoisotopic (exact) mass is 207 g/mol. The third kappa shape index (κ3) is 2.19. The van der Waals surface area contributed by atoms with Crippen LogP contribution in [-0.2, 0) is 17.9 Å². The van der Waals surface area contributed by atoms with E-state index in [0.29, 0.717) is 13.0 Å². The molecule has 0 aromatic carbocycles. The van der Waals surface area contributed by atoms with Crippen LogP contribution in [0.25, 0.3) is 0 Å². The molecule has 0 saturated heterocycles. The molecule has 15 heavy (non-hydrogen) atoms. The van der Waals surface area contributed by atoms with Crippen molar-refractivity contribution in [3.05, 3.63) is 18.2 Å². The Morgan fingerprint density at radius 3 is 3.20 bits per heavy atom. The van der Waals surface area contributed by atoms with Crippen molar-refractivity contribution >= 4 is 5.91 Å². The lowest BCUT2D eigenvalue weighted by Gasteiger charge is -2.27. The Balaban J connectivity index is 1.94. The van der Waals surface area contributed by atoms with Gasteiger partial charge in [-0.25, -0.2) is 4.98 Å². The molecule has 0 unspecified atom stereocenters. The molecule has 4 nitrogen and oxygen atoms in total. The maximum Gasteiger partial charge on any atom is 0.223 e. The average Bonchev–Trinajstić information content (AvgIpc) is 2.72. The van der Waals surface area contributed by atoms with Gasteiger partial charge in [-0.1, -0.05) is 13.3 Å². The fourth-order valence-corrected chi connectivity index (χ4v) is 1.87. The Labute approximate surface area is 89.9 Å². The van der Waals surface area contributed by atoms with Gasteiger partial charge in [0.25, 0.3) is 0 Å². The van der Waals surface area contributed by atoms with Gasteiger partial charge in [-0.15, -0.1) is 0 Å². The zero-order valence-electron chi connectivity index (χ0n) is 9.15. The summed E-state index contributed by atoms with van der Waals surface area (Å²) in [7, 11) is 0. The van der Waals surface area contributed by atoms with Crippen molar-refractivity contribution in [1.82, 2.24) is 14.5 Å². The molecule has 0 N–H and O–H groups in total. The van der Waals surface area contributed by atoms with Gasteiger partial charge in [-0.3, -0.25) is 4.79 Å². The molecule has 0 radical (unpaired) electrons. The number of fused-ring (bicyclic) bond motifs is 1. The standard InChI is InChI=1S/C11H17N3O/c1-2-3-4-11(15)14-8-7-13-6-5-12-10(13)9-14/h5-6H,2-4,7-9H2,1H3. The lowest BCUT2D eigenvalue weighted by Crippen LogP contribution is -2.38. The first-order valence-corrected chi connectivity index (χ1v) is 5.59. The van der Waals surface area contributed by atoms with Crippen molar-refractivity contribution in [3.8, 4) is 0 Å². The van der Waals surface area contributed by atoms with E-state index in [1.807, 2.05) is 11.1 Å². The minimum Gasteiger partial charge on any atom is -0.333 e. The van der Waals surface area contributed by atoms with Gasteiger partial charge in [0, 0.05) is 31.9 Å². The summed E-state index contributed by atoms with van der Waals surface area (Å²) in [4.78, 5) is 17.9. The van der Waals surface area contributed by atoms with Crippen LogP contribution < -0.4 is 0 Å². The van der Waals surface area contributed by atoms with Crippen LogP contribution in [0, 0.1) is 0 Å². The largest absolute Gasteiger partial charge is 0.333 e. The van der Waals surface area contributed by atoms with E-state index >= 15 is 0 Å². The third-order valence-electron chi connectivity index (χ3n) is 2.84. The van der Waals surface area contributed by atoms with E-state index in [2.05, 4.69) is 16.5 Å². The number of rotatable bonds is 3. The molecular weight excluding hydrogens is 190 g/mol. The van der Waals surface area contributed by atoms with Crippen LogP contribution >= 0.6 is 0 Å². The number of nitrogens with zero attached hydrogens (tertiary/aromatic N) is 3. The SMILES string of the molecule is CCCCC(=O)N1CCn2ccnc2C1. The molecule has 82 valence electrons. The van der Waals surface area contributed by atoms with E-state index in [-0.39, 0.29) is 5.91 Å². The van der Waals surface area contributed by atoms with Crippen LogP contribution in [0.3, 0.4) is 0 Å². The van der Waals surface area contributed by atoms with Crippen molar-refractivity contribution < 1.29 is 4.79 Å². The Bertz CT molecular complexity index is 345. The lowest BCUT2D eigenvalue weighted by molar-refractivity contribution is -0.132. The van der Waals surface area contributed by atoms with Crippen LogP contribution in [0.5, 0.6) is 0 Å². The number of hydrogen-bond donors (Lipinski definition) is 0. The number of amides is 1. The summed E-state index contributed by atoms with van der Waals surface area (Å²) in [5.74, 6) is 1.28. The molecule has 2 rings (SSSR count). The number of unbranched alkanes of at least 4 members (excludes halogenated alkanes) is 1. The third-order valence-corrected chi connectivity index (χ3v) is 2.84. The molecule has 0 atom stereocenters. The number of carbonyl (C=O) groups excluding carboxylic acids is 1. The number of hydrogen-bond acceptors (Lipinski definition) is 2. The Hall–Kier alpha value is -1.32. The summed E-state index contributed by atoms with van der Waals surface area (Å²) in [6.07, 6.45) is 6.52. The quantitative estimate of drug-likeness (QED) is 0.751. The van der Waals surface area contributed by atoms with Gasteiger partial charge in [-0.2, -0.15) is 0 Å². The summed E-state index contributed by atoms with van der Waals surface area (Å²) in [5, 5.41) is 0. The number of imidazole rings is 1. The Morgan fingerprint density at radius 1 is 1.53 bits per heavy atom. The first-order chi connectivity index (χ1) is 7.31. The van der Waals surface area contributed by atoms with E-state index in [4.69, 9.17) is 0 Å². The fourth-order valence-electron chi connectivity index (χ4n) is 1.87. The van der Waals surface area contributed by atoms with E-state index < -0.39 is 0 Å². The highest BCUT2D eigenvalue weighted by atomic mass is 16.2. The molecule has 2 heterocycles. The maximum atomic E-state index is 11.8. The molecule has 0 aliphatic carbocycles. The number of carbonyl (C=O) groups is 1. The molecule has 1 aromatic heterocycles. The van der Waals surface area contributed by atoms with Crippen LogP contribution in [0.1, 0.15) is 32.0 Å². The van der Waals surface area contributed by atoms with E-state index in [9.17, 15) is 4.79 Å². The zero-order chi connectivity index (χ0) is 10.7. The Morgan fingerprint density at radius 2 is 2.40 bits per heavy atom. The van der Waals surface area contributed by atoms with Gasteiger partial charge in [0.15, 0.2) is 0 Å². The second-order valence-electron chi connectivity index (χ2n) is 3.96. The lowest BCUT2D eigenvalue weighted by atomic mass is 10.2. The van der Waals surface area contributed by atoms with Crippen molar-refractivity contribution in [2.45, 2.75) is 39.3 Å². The summed E-state index contributed by atoms with van der Waals surface area (Å²) >= 11 is 0. The number of aromatic nitrogens is 2. The van der Waals surface area contributed by atoms with Crippen LogP contribution in [-0.4, -0.2) is 26.9 Å². The normalized spacial score (nSPS) is 15.1. The first kappa shape index (κ1) is 10.2. The predicted octanol–water partition coefficient (Wildman–Crippen LogP) is 1.42. The fraction of sp³-hybridized carbons (Fsp3) is 0.636. The maximum absolute atomic E-state index is 11.8. The average molecular weight is 207 g/mol. The second kappa shape index (κ2) is 4.47. The van der Waals surface area contributed by atoms with Gasteiger partial charge >= 0.3 is 0 Å². The summed E-state index contributed by atoms with van der Waals surface area (Å²) in [5.41, 5.74) is 0. The molecule has 0 spiro atoms. The van der Waals surface area contributed by atoms with Gasteiger partial charge in [-0.05, 0) is 6.42 Å². The van der Waals surface area contributed by atoms with Gasteiger partial charge in [0.1, 0.15) is 5.82 Å². The van der Waals surface area contributed by atoms with Gasteiger partial charge in [0.05, 0.1) is 6.54 Å². The van der Waals surface area contributed by atoms with Crippen LogP contribution in [0.4, 0.5) is 0 Å². The Kier molecular flexibility index (Phi) is 3.04. The molecule has 1 aliphatic rings. The topological polar surface area (TPSA) is 38.1 Å². The highest BCUT2D eigenvalue weighted by Gasteiger charge is 2.20. The highest BCUT2D eigenvalue weighted by molar-refractivity contribution is 5.76. The van der Waals surface area contributed by atoms with E-state index in [1.165, 1.54) is 0 Å². The smallest absolute Gasteiger partial charge is 0.223 e. The zero-order valence-corrected chi connectivity index (χ0v) is 9.15. The molecular formula is C11H17N3O. The molecule has 4 heteroatoms. The molecule has 1 amide bonds. The van der Waals surface area contributed by atoms with E-state index in [1.54, 1.807) is 6.20 Å². The van der Waals surface area contributed by atoms with E-state index in [0.717, 1.165) is 31.8 Å². The van der Waals surface area contributed by atoms with Crippen molar-refractivity contribution in [2.24, 2.45) is 0 Å². The minimum atomic E-state index is 0.270. The summed E-state index contributed by atoms with van der Waals surface area (Å²) in [6.45, 7) is 4.49. The van der Waals surface area contributed by atoms with Crippen LogP contribution in [0.2, 0.25) is 0 Å². The molecule has 0 fully saturated rings.